The molecule has 0 heterocycles. The first kappa shape index (κ1) is 26.6. The molecule has 5 nitrogen and oxygen atoms in total. The highest BCUT2D eigenvalue weighted by molar-refractivity contribution is 5.73. The third kappa shape index (κ3) is 16.8. The van der Waals surface area contributed by atoms with Crippen molar-refractivity contribution in [2.75, 3.05) is 13.7 Å². The lowest BCUT2D eigenvalue weighted by atomic mass is 10.0. The van der Waals surface area contributed by atoms with Gasteiger partial charge in [-0.25, -0.2) is 0 Å². The molecule has 0 rings (SSSR count). The van der Waals surface area contributed by atoms with Crippen molar-refractivity contribution in [2.45, 2.75) is 110 Å². The van der Waals surface area contributed by atoms with E-state index in [9.17, 15) is 9.59 Å². The fraction of sp³-hybridized carbons (Fsp3) is 0.826. The van der Waals surface area contributed by atoms with Crippen molar-refractivity contribution in [2.24, 2.45) is 0 Å². The molecule has 0 aliphatic rings. The summed E-state index contributed by atoms with van der Waals surface area (Å²) in [5, 5.41) is 2.79. The van der Waals surface area contributed by atoms with Crippen LogP contribution in [0.3, 0.4) is 0 Å². The number of ether oxygens (including phenoxy) is 2. The highest BCUT2D eigenvalue weighted by Crippen LogP contribution is 2.12. The fourth-order valence-corrected chi connectivity index (χ4v) is 3.22. The summed E-state index contributed by atoms with van der Waals surface area (Å²) in [4.78, 5) is 22.4. The van der Waals surface area contributed by atoms with Gasteiger partial charge < -0.3 is 14.8 Å². The van der Waals surface area contributed by atoms with Crippen LogP contribution in [0.15, 0.2) is 12.2 Å². The summed E-state index contributed by atoms with van der Waals surface area (Å²) in [7, 11) is 1.60. The first-order valence-corrected chi connectivity index (χ1v) is 11.1. The maximum Gasteiger partial charge on any atom is 0.302 e. The van der Waals surface area contributed by atoms with Crippen LogP contribution in [-0.2, 0) is 19.1 Å². The molecule has 0 aliphatic carbocycles. The minimum atomic E-state index is -0.375. The van der Waals surface area contributed by atoms with E-state index in [0.29, 0.717) is 0 Å². The fourth-order valence-electron chi connectivity index (χ4n) is 3.22. The topological polar surface area (TPSA) is 64.6 Å². The lowest BCUT2D eigenvalue weighted by molar-refractivity contribution is -0.143. The Morgan fingerprint density at radius 3 is 1.89 bits per heavy atom. The molecule has 0 saturated heterocycles. The van der Waals surface area contributed by atoms with Gasteiger partial charge >= 0.3 is 5.97 Å². The SMILES string of the molecule is CCCCCCCCCCCCC/C=C/[C@@H](OC)[C@H](COC(C)=O)NC(C)=O. The van der Waals surface area contributed by atoms with Gasteiger partial charge in [0.1, 0.15) is 6.61 Å². The number of amides is 1. The van der Waals surface area contributed by atoms with Crippen molar-refractivity contribution in [1.82, 2.24) is 5.32 Å². The first-order valence-electron chi connectivity index (χ1n) is 11.1. The van der Waals surface area contributed by atoms with Crippen molar-refractivity contribution in [3.8, 4) is 0 Å². The Balaban J connectivity index is 3.90. The zero-order chi connectivity index (χ0) is 21.0. The zero-order valence-electron chi connectivity index (χ0n) is 18.6. The Morgan fingerprint density at radius 1 is 0.893 bits per heavy atom. The average Bonchev–Trinajstić information content (AvgIpc) is 2.65. The van der Waals surface area contributed by atoms with Gasteiger partial charge in [-0.05, 0) is 12.8 Å². The predicted molar refractivity (Wildman–Crippen MR) is 115 cm³/mol. The van der Waals surface area contributed by atoms with Crippen molar-refractivity contribution in [1.29, 1.82) is 0 Å². The lowest BCUT2D eigenvalue weighted by Gasteiger charge is -2.23. The van der Waals surface area contributed by atoms with Gasteiger partial charge in [-0.3, -0.25) is 9.59 Å². The third-order valence-corrected chi connectivity index (χ3v) is 4.82. The van der Waals surface area contributed by atoms with Gasteiger partial charge in [0.05, 0.1) is 12.1 Å². The molecule has 0 fully saturated rings. The normalized spacial score (nSPS) is 13.4. The van der Waals surface area contributed by atoms with E-state index in [1.165, 1.54) is 78.1 Å². The minimum absolute atomic E-state index is 0.107. The summed E-state index contributed by atoms with van der Waals surface area (Å²) < 4.78 is 10.5. The summed E-state index contributed by atoms with van der Waals surface area (Å²) >= 11 is 0. The van der Waals surface area contributed by atoms with Crippen LogP contribution in [0.2, 0.25) is 0 Å². The molecule has 1 N–H and O–H groups in total. The molecule has 0 spiro atoms. The maximum absolute atomic E-state index is 11.4. The second kappa shape index (κ2) is 19.0. The summed E-state index contributed by atoms with van der Waals surface area (Å²) in [5.41, 5.74) is 0. The molecule has 0 unspecified atom stereocenters. The summed E-state index contributed by atoms with van der Waals surface area (Å²) in [6.45, 7) is 5.17. The van der Waals surface area contributed by atoms with Gasteiger partial charge in [-0.1, -0.05) is 83.3 Å². The van der Waals surface area contributed by atoms with Gasteiger partial charge in [0.15, 0.2) is 0 Å². The lowest BCUT2D eigenvalue weighted by Crippen LogP contribution is -2.46. The Hall–Kier alpha value is -1.36. The minimum Gasteiger partial charge on any atom is -0.464 e. The molecular weight excluding hydrogens is 354 g/mol. The number of methoxy groups -OCH3 is 1. The summed E-state index contributed by atoms with van der Waals surface area (Å²) in [6.07, 6.45) is 19.4. The number of esters is 1. The molecule has 0 aromatic heterocycles. The predicted octanol–water partition coefficient (Wildman–Crippen LogP) is 5.33. The van der Waals surface area contributed by atoms with Crippen LogP contribution in [-0.4, -0.2) is 37.7 Å². The highest BCUT2D eigenvalue weighted by Gasteiger charge is 2.21. The van der Waals surface area contributed by atoms with Crippen LogP contribution in [0, 0.1) is 0 Å². The number of rotatable bonds is 18. The Bertz CT molecular complexity index is 423. The van der Waals surface area contributed by atoms with E-state index < -0.39 is 0 Å². The van der Waals surface area contributed by atoms with Crippen LogP contribution in [0.25, 0.3) is 0 Å². The number of nitrogens with one attached hydrogen (secondary N) is 1. The van der Waals surface area contributed by atoms with Gasteiger partial charge in [0.25, 0.3) is 0 Å². The van der Waals surface area contributed by atoms with Gasteiger partial charge in [-0.2, -0.15) is 0 Å². The first-order chi connectivity index (χ1) is 13.5. The molecule has 1 amide bonds. The van der Waals surface area contributed by atoms with E-state index in [0.717, 1.165) is 12.8 Å². The largest absolute Gasteiger partial charge is 0.464 e. The smallest absolute Gasteiger partial charge is 0.302 e. The molecule has 0 radical (unpaired) electrons. The van der Waals surface area contributed by atoms with E-state index in [-0.39, 0.29) is 30.6 Å². The van der Waals surface area contributed by atoms with Gasteiger partial charge in [0, 0.05) is 21.0 Å². The Labute approximate surface area is 172 Å². The Morgan fingerprint density at radius 2 is 1.43 bits per heavy atom. The molecule has 0 aromatic rings. The molecule has 0 bridgehead atoms. The number of carbonyl (C=O) groups is 2. The second-order valence-electron chi connectivity index (χ2n) is 7.56. The van der Waals surface area contributed by atoms with Crippen LogP contribution >= 0.6 is 0 Å². The van der Waals surface area contributed by atoms with Crippen molar-refractivity contribution in [3.63, 3.8) is 0 Å². The van der Waals surface area contributed by atoms with Crippen LogP contribution in [0.1, 0.15) is 97.8 Å². The summed E-state index contributed by atoms with van der Waals surface area (Å²) in [6, 6.07) is -0.375. The van der Waals surface area contributed by atoms with Crippen molar-refractivity contribution >= 4 is 11.9 Å². The van der Waals surface area contributed by atoms with E-state index in [2.05, 4.69) is 18.3 Å². The monoisotopic (exact) mass is 397 g/mol. The van der Waals surface area contributed by atoms with Crippen LogP contribution in [0.5, 0.6) is 0 Å². The number of allylic oxidation sites excluding steroid dienone is 1. The highest BCUT2D eigenvalue weighted by atomic mass is 16.5. The van der Waals surface area contributed by atoms with Crippen LogP contribution in [0.4, 0.5) is 0 Å². The number of carbonyl (C=O) groups excluding carboxylic acids is 2. The zero-order valence-corrected chi connectivity index (χ0v) is 18.6. The molecule has 0 saturated carbocycles. The second-order valence-corrected chi connectivity index (χ2v) is 7.56. The molecule has 164 valence electrons. The molecule has 28 heavy (non-hydrogen) atoms. The number of hydrogen-bond donors (Lipinski definition) is 1. The summed E-state index contributed by atoms with van der Waals surface area (Å²) in [5.74, 6) is -0.534. The van der Waals surface area contributed by atoms with Gasteiger partial charge in [0.2, 0.25) is 5.91 Å². The number of unbranched alkanes of at least 4 members (excludes halogenated alkanes) is 11. The molecule has 2 atom stereocenters. The van der Waals surface area contributed by atoms with Crippen LogP contribution < -0.4 is 5.32 Å². The molecular formula is C23H43NO4. The van der Waals surface area contributed by atoms with E-state index in [4.69, 9.17) is 9.47 Å². The number of hydrogen-bond acceptors (Lipinski definition) is 4. The third-order valence-electron chi connectivity index (χ3n) is 4.82. The van der Waals surface area contributed by atoms with Gasteiger partial charge in [-0.15, -0.1) is 0 Å². The van der Waals surface area contributed by atoms with E-state index >= 15 is 0 Å². The molecule has 0 aromatic carbocycles. The average molecular weight is 398 g/mol. The quantitative estimate of drug-likeness (QED) is 0.193. The van der Waals surface area contributed by atoms with Crippen molar-refractivity contribution < 1.29 is 19.1 Å². The molecule has 0 aliphatic heterocycles. The van der Waals surface area contributed by atoms with E-state index in [1.807, 2.05) is 6.08 Å². The molecule has 5 heteroatoms. The Kier molecular flexibility index (Phi) is 18.1. The standard InChI is InChI=1S/C23H43NO4/c1-5-6-7-8-9-10-11-12-13-14-15-16-17-18-23(27-4)22(24-20(2)25)19-28-21(3)26/h17-18,22-23H,5-16,19H2,1-4H3,(H,24,25)/b18-17+/t22-,23+/m0/s1. The van der Waals surface area contributed by atoms with Crippen molar-refractivity contribution in [3.05, 3.63) is 12.2 Å². The maximum atomic E-state index is 11.4. The van der Waals surface area contributed by atoms with E-state index in [1.54, 1.807) is 7.11 Å².